The van der Waals surface area contributed by atoms with E-state index >= 15 is 0 Å². The molecule has 2 atom stereocenters. The third-order valence-corrected chi connectivity index (χ3v) is 6.74. The van der Waals surface area contributed by atoms with Crippen LogP contribution in [-0.2, 0) is 9.59 Å². The van der Waals surface area contributed by atoms with Gasteiger partial charge in [0.05, 0.1) is 18.2 Å². The summed E-state index contributed by atoms with van der Waals surface area (Å²) in [6.07, 6.45) is 1.90. The van der Waals surface area contributed by atoms with Gasteiger partial charge in [0.1, 0.15) is 11.5 Å². The molecule has 0 spiro atoms. The van der Waals surface area contributed by atoms with Crippen LogP contribution in [-0.4, -0.2) is 18.8 Å². The molecule has 2 aliphatic rings. The molecule has 0 saturated heterocycles. The number of aryl methyl sites for hydroxylation is 1. The molecule has 1 aromatic rings. The van der Waals surface area contributed by atoms with Crippen LogP contribution in [0.4, 0.5) is 5.69 Å². The number of rotatable bonds is 3. The van der Waals surface area contributed by atoms with Gasteiger partial charge in [-0.1, -0.05) is 26.8 Å². The van der Waals surface area contributed by atoms with Gasteiger partial charge in [-0.05, 0) is 42.9 Å². The topological polar surface area (TPSA) is 55.4 Å². The van der Waals surface area contributed by atoms with Crippen molar-refractivity contribution in [2.75, 3.05) is 12.4 Å². The van der Waals surface area contributed by atoms with Crippen LogP contribution < -0.4 is 10.1 Å². The van der Waals surface area contributed by atoms with Crippen molar-refractivity contribution in [1.82, 2.24) is 0 Å². The molecule has 2 fully saturated rings. The molecule has 0 heterocycles. The highest BCUT2D eigenvalue weighted by Gasteiger charge is 2.72. The molecular formula is C19H25NO3. The molecule has 1 aromatic carbocycles. The van der Waals surface area contributed by atoms with Crippen LogP contribution in [0, 0.1) is 23.2 Å². The molecule has 0 unspecified atom stereocenters. The first kappa shape index (κ1) is 16.0. The molecule has 0 aromatic heterocycles. The summed E-state index contributed by atoms with van der Waals surface area (Å²) in [6, 6.07) is 5.71. The van der Waals surface area contributed by atoms with Crippen LogP contribution in [0.2, 0.25) is 0 Å². The van der Waals surface area contributed by atoms with Crippen molar-refractivity contribution in [1.29, 1.82) is 0 Å². The second-order valence-electron chi connectivity index (χ2n) is 7.80. The van der Waals surface area contributed by atoms with Gasteiger partial charge in [-0.25, -0.2) is 0 Å². The summed E-state index contributed by atoms with van der Waals surface area (Å²) in [7, 11) is 1.59. The Balaban J connectivity index is 1.96. The van der Waals surface area contributed by atoms with Crippen LogP contribution in [0.1, 0.15) is 45.6 Å². The number of Topliss-reactive ketones (excluding diaryl/α,β-unsaturated/α-hetero) is 1. The number of carbonyl (C=O) groups is 2. The zero-order chi connectivity index (χ0) is 17.0. The number of ketones is 1. The van der Waals surface area contributed by atoms with Gasteiger partial charge in [0, 0.05) is 11.8 Å². The molecule has 0 radical (unpaired) electrons. The van der Waals surface area contributed by atoms with E-state index in [1.165, 1.54) is 0 Å². The SMILES string of the molecule is COc1ccc(C)cc1NC(=O)[C@]12CC[C@@](C)(C(=O)C1)C2(C)C. The van der Waals surface area contributed by atoms with Crippen molar-refractivity contribution < 1.29 is 14.3 Å². The third kappa shape index (κ3) is 1.90. The summed E-state index contributed by atoms with van der Waals surface area (Å²) < 4.78 is 5.35. The van der Waals surface area contributed by atoms with E-state index in [0.29, 0.717) is 17.9 Å². The number of ether oxygens (including phenoxy) is 1. The maximum Gasteiger partial charge on any atom is 0.231 e. The van der Waals surface area contributed by atoms with E-state index in [-0.39, 0.29) is 22.5 Å². The van der Waals surface area contributed by atoms with Crippen LogP contribution in [0.3, 0.4) is 0 Å². The molecule has 2 aliphatic carbocycles. The first-order chi connectivity index (χ1) is 10.7. The van der Waals surface area contributed by atoms with E-state index in [1.54, 1.807) is 7.11 Å². The number of benzene rings is 1. The fraction of sp³-hybridized carbons (Fsp3) is 0.579. The van der Waals surface area contributed by atoms with Gasteiger partial charge >= 0.3 is 0 Å². The zero-order valence-corrected chi connectivity index (χ0v) is 14.6. The summed E-state index contributed by atoms with van der Waals surface area (Å²) in [5, 5.41) is 3.04. The molecule has 23 heavy (non-hydrogen) atoms. The maximum absolute atomic E-state index is 13.2. The fourth-order valence-electron chi connectivity index (χ4n) is 4.52. The van der Waals surface area contributed by atoms with Crippen molar-refractivity contribution in [3.8, 4) is 5.75 Å². The molecule has 4 heteroatoms. The maximum atomic E-state index is 13.2. The van der Waals surface area contributed by atoms with Crippen LogP contribution in [0.15, 0.2) is 18.2 Å². The van der Waals surface area contributed by atoms with Gasteiger partial charge < -0.3 is 10.1 Å². The summed E-state index contributed by atoms with van der Waals surface area (Å²) in [5.74, 6) is 0.810. The Kier molecular flexibility index (Phi) is 3.36. The minimum atomic E-state index is -0.617. The van der Waals surface area contributed by atoms with Gasteiger partial charge in [0.25, 0.3) is 0 Å². The highest BCUT2D eigenvalue weighted by Crippen LogP contribution is 2.70. The number of hydrogen-bond acceptors (Lipinski definition) is 3. The second-order valence-corrected chi connectivity index (χ2v) is 7.80. The second kappa shape index (κ2) is 4.83. The number of amides is 1. The largest absolute Gasteiger partial charge is 0.495 e. The van der Waals surface area contributed by atoms with Crippen molar-refractivity contribution in [3.05, 3.63) is 23.8 Å². The lowest BCUT2D eigenvalue weighted by Crippen LogP contribution is -2.43. The quantitative estimate of drug-likeness (QED) is 0.924. The predicted molar refractivity (Wildman–Crippen MR) is 89.5 cm³/mol. The smallest absolute Gasteiger partial charge is 0.231 e. The molecule has 0 aliphatic heterocycles. The van der Waals surface area contributed by atoms with Gasteiger partial charge in [-0.2, -0.15) is 0 Å². The van der Waals surface area contributed by atoms with Gasteiger partial charge in [-0.15, -0.1) is 0 Å². The standard InChI is InChI=1S/C19H25NO3/c1-12-6-7-14(23-5)13(10-12)20-16(22)19-9-8-18(4,15(21)11-19)17(19,2)3/h6-7,10H,8-9,11H2,1-5H3,(H,20,22)/t18-,19-/m0/s1. The van der Waals surface area contributed by atoms with Crippen LogP contribution >= 0.6 is 0 Å². The van der Waals surface area contributed by atoms with E-state index in [1.807, 2.05) is 32.0 Å². The van der Waals surface area contributed by atoms with E-state index in [0.717, 1.165) is 18.4 Å². The van der Waals surface area contributed by atoms with Crippen molar-refractivity contribution >= 4 is 17.4 Å². The first-order valence-corrected chi connectivity index (χ1v) is 8.17. The molecular weight excluding hydrogens is 290 g/mol. The molecule has 4 nitrogen and oxygen atoms in total. The predicted octanol–water partition coefficient (Wildman–Crippen LogP) is 3.73. The van der Waals surface area contributed by atoms with E-state index in [4.69, 9.17) is 4.74 Å². The van der Waals surface area contributed by atoms with E-state index < -0.39 is 5.41 Å². The third-order valence-electron chi connectivity index (χ3n) is 6.74. The van der Waals surface area contributed by atoms with E-state index in [2.05, 4.69) is 19.2 Å². The highest BCUT2D eigenvalue weighted by atomic mass is 16.5. The normalized spacial score (nSPS) is 31.3. The molecule has 1 N–H and O–H groups in total. The van der Waals surface area contributed by atoms with Gasteiger partial charge in [0.2, 0.25) is 5.91 Å². The van der Waals surface area contributed by atoms with Crippen molar-refractivity contribution in [2.24, 2.45) is 16.2 Å². The monoisotopic (exact) mass is 315 g/mol. The average Bonchev–Trinajstić information content (AvgIpc) is 2.78. The number of fused-ring (bicyclic) bond motifs is 2. The molecule has 2 bridgehead atoms. The van der Waals surface area contributed by atoms with Gasteiger partial charge in [0.15, 0.2) is 0 Å². The molecule has 124 valence electrons. The van der Waals surface area contributed by atoms with Crippen molar-refractivity contribution in [2.45, 2.75) is 47.0 Å². The summed E-state index contributed by atoms with van der Waals surface area (Å²) in [5.41, 5.74) is 0.389. The lowest BCUT2D eigenvalue weighted by atomic mass is 9.64. The Morgan fingerprint density at radius 3 is 2.43 bits per heavy atom. The molecule has 2 saturated carbocycles. The Morgan fingerprint density at radius 2 is 1.91 bits per heavy atom. The Labute approximate surface area is 137 Å². The number of methoxy groups -OCH3 is 1. The number of hydrogen-bond donors (Lipinski definition) is 1. The minimum absolute atomic E-state index is 0.0547. The summed E-state index contributed by atoms with van der Waals surface area (Å²) in [4.78, 5) is 25.7. The van der Waals surface area contributed by atoms with Crippen molar-refractivity contribution in [3.63, 3.8) is 0 Å². The zero-order valence-electron chi connectivity index (χ0n) is 14.6. The Morgan fingerprint density at radius 1 is 1.22 bits per heavy atom. The highest BCUT2D eigenvalue weighted by molar-refractivity contribution is 6.05. The van der Waals surface area contributed by atoms with Gasteiger partial charge in [-0.3, -0.25) is 9.59 Å². The number of anilines is 1. The molecule has 3 rings (SSSR count). The minimum Gasteiger partial charge on any atom is -0.495 e. The fourth-order valence-corrected chi connectivity index (χ4v) is 4.52. The van der Waals surface area contributed by atoms with Crippen LogP contribution in [0.25, 0.3) is 0 Å². The molecule has 1 amide bonds. The number of carbonyl (C=O) groups excluding carboxylic acids is 2. The lowest BCUT2D eigenvalue weighted by molar-refractivity contribution is -0.131. The Hall–Kier alpha value is -1.84. The summed E-state index contributed by atoms with van der Waals surface area (Å²) >= 11 is 0. The average molecular weight is 315 g/mol. The van der Waals surface area contributed by atoms with E-state index in [9.17, 15) is 9.59 Å². The number of nitrogens with one attached hydrogen (secondary N) is 1. The Bertz CT molecular complexity index is 694. The van der Waals surface area contributed by atoms with Crippen LogP contribution in [0.5, 0.6) is 5.75 Å². The summed E-state index contributed by atoms with van der Waals surface area (Å²) in [6.45, 7) is 8.13. The first-order valence-electron chi connectivity index (χ1n) is 8.17. The lowest BCUT2D eigenvalue weighted by Gasteiger charge is -2.38.